The normalized spacial score (nSPS) is 12.0. The number of fused-ring (bicyclic) bond motifs is 2. The number of ether oxygens (including phenoxy) is 2. The Morgan fingerprint density at radius 3 is 2.76 bits per heavy atom. The summed E-state index contributed by atoms with van der Waals surface area (Å²) in [4.78, 5) is 51.7. The Balaban J connectivity index is 1.61. The summed E-state index contributed by atoms with van der Waals surface area (Å²) >= 11 is 0. The van der Waals surface area contributed by atoms with Crippen molar-refractivity contribution >= 4 is 39.9 Å². The largest absolute Gasteiger partial charge is 0.469 e. The van der Waals surface area contributed by atoms with E-state index in [0.29, 0.717) is 33.3 Å². The molecule has 1 atom stereocenters. The molecule has 4 rings (SSSR count). The van der Waals surface area contributed by atoms with Gasteiger partial charge in [-0.2, -0.15) is 0 Å². The van der Waals surface area contributed by atoms with Gasteiger partial charge < -0.3 is 24.3 Å². The molecular formula is C21H19FN6O5. The van der Waals surface area contributed by atoms with Crippen LogP contribution in [0.1, 0.15) is 6.42 Å². The lowest BCUT2D eigenvalue weighted by Crippen LogP contribution is -2.44. The molecule has 11 nitrogen and oxygen atoms in total. The highest BCUT2D eigenvalue weighted by atomic mass is 19.1. The maximum atomic E-state index is 13.7. The summed E-state index contributed by atoms with van der Waals surface area (Å²) in [5, 5.41) is 3.67. The number of esters is 2. The van der Waals surface area contributed by atoms with E-state index in [1.54, 1.807) is 23.0 Å². The topological polar surface area (TPSA) is 141 Å². The molecule has 33 heavy (non-hydrogen) atoms. The van der Waals surface area contributed by atoms with Gasteiger partial charge in [-0.05, 0) is 12.1 Å². The van der Waals surface area contributed by atoms with Gasteiger partial charge in [-0.15, -0.1) is 0 Å². The molecule has 0 spiro atoms. The first-order valence-corrected chi connectivity index (χ1v) is 9.78. The molecule has 0 aliphatic heterocycles. The number of aromatic nitrogens is 5. The van der Waals surface area contributed by atoms with Gasteiger partial charge >= 0.3 is 11.9 Å². The van der Waals surface area contributed by atoms with Gasteiger partial charge in [0.25, 0.3) is 0 Å². The van der Waals surface area contributed by atoms with E-state index in [-0.39, 0.29) is 13.0 Å². The van der Waals surface area contributed by atoms with Gasteiger partial charge in [-0.1, -0.05) is 0 Å². The van der Waals surface area contributed by atoms with Crippen molar-refractivity contribution in [2.75, 3.05) is 14.2 Å². The third kappa shape index (κ3) is 4.35. The summed E-state index contributed by atoms with van der Waals surface area (Å²) in [6, 6.07) is 1.91. The first-order chi connectivity index (χ1) is 15.9. The Morgan fingerprint density at radius 2 is 2.00 bits per heavy atom. The lowest BCUT2D eigenvalue weighted by atomic mass is 10.1. The maximum Gasteiger partial charge on any atom is 0.328 e. The average Bonchev–Trinajstić information content (AvgIpc) is 3.41. The van der Waals surface area contributed by atoms with E-state index in [9.17, 15) is 18.8 Å². The van der Waals surface area contributed by atoms with E-state index in [1.165, 1.54) is 19.5 Å². The monoisotopic (exact) mass is 454 g/mol. The van der Waals surface area contributed by atoms with Crippen LogP contribution in [0.5, 0.6) is 0 Å². The Morgan fingerprint density at radius 1 is 1.18 bits per heavy atom. The van der Waals surface area contributed by atoms with Crippen LogP contribution in [0, 0.1) is 5.82 Å². The Bertz CT molecular complexity index is 1360. The molecule has 0 aliphatic carbocycles. The molecule has 2 N–H and O–H groups in total. The van der Waals surface area contributed by atoms with Crippen molar-refractivity contribution in [3.05, 3.63) is 42.9 Å². The molecule has 0 saturated heterocycles. The molecule has 0 unspecified atom stereocenters. The zero-order chi connectivity index (χ0) is 23.5. The molecule has 0 fully saturated rings. The molecular weight excluding hydrogens is 435 g/mol. The molecule has 0 radical (unpaired) electrons. The second-order valence-corrected chi connectivity index (χ2v) is 7.08. The van der Waals surface area contributed by atoms with Crippen LogP contribution in [0.25, 0.3) is 33.3 Å². The van der Waals surface area contributed by atoms with Gasteiger partial charge in [-0.25, -0.2) is 24.1 Å². The molecule has 4 heterocycles. The van der Waals surface area contributed by atoms with Crippen LogP contribution in [-0.4, -0.2) is 62.6 Å². The van der Waals surface area contributed by atoms with Crippen LogP contribution in [0.4, 0.5) is 4.39 Å². The summed E-state index contributed by atoms with van der Waals surface area (Å²) in [6.45, 7) is -0.182. The smallest absolute Gasteiger partial charge is 0.328 e. The molecule has 0 bridgehead atoms. The van der Waals surface area contributed by atoms with Crippen LogP contribution >= 0.6 is 0 Å². The van der Waals surface area contributed by atoms with Crippen LogP contribution in [0.3, 0.4) is 0 Å². The fraction of sp³-hybridized carbons (Fsp3) is 0.238. The zero-order valence-electron chi connectivity index (χ0n) is 17.7. The highest BCUT2D eigenvalue weighted by Crippen LogP contribution is 2.31. The third-order valence-corrected chi connectivity index (χ3v) is 5.04. The number of hydrogen-bond acceptors (Lipinski definition) is 8. The fourth-order valence-electron chi connectivity index (χ4n) is 3.50. The Kier molecular flexibility index (Phi) is 5.98. The minimum Gasteiger partial charge on any atom is -0.469 e. The highest BCUT2D eigenvalue weighted by molar-refractivity contribution is 6.01. The van der Waals surface area contributed by atoms with E-state index in [2.05, 4.69) is 34.7 Å². The molecule has 12 heteroatoms. The number of amides is 1. The lowest BCUT2D eigenvalue weighted by molar-refractivity contribution is -0.150. The molecule has 4 aromatic rings. The number of carbonyl (C=O) groups excluding carboxylic acids is 3. The first kappa shape index (κ1) is 21.9. The predicted octanol–water partition coefficient (Wildman–Crippen LogP) is 1.33. The molecule has 170 valence electrons. The fourth-order valence-corrected chi connectivity index (χ4v) is 3.50. The molecule has 4 aromatic heterocycles. The summed E-state index contributed by atoms with van der Waals surface area (Å²) < 4.78 is 24.5. The molecule has 0 aromatic carbocycles. The number of nitrogens with zero attached hydrogens (tertiary/aromatic N) is 4. The summed E-state index contributed by atoms with van der Waals surface area (Å²) in [7, 11) is 2.34. The SMILES string of the molecule is COC(=O)C[C@H](NC(=O)Cn1ccc2c(-c3c[nH]c4ncc(F)cc34)ncnc21)C(=O)OC. The Labute approximate surface area is 185 Å². The van der Waals surface area contributed by atoms with Crippen molar-refractivity contribution in [2.45, 2.75) is 19.0 Å². The van der Waals surface area contributed by atoms with Gasteiger partial charge in [0.1, 0.15) is 36.0 Å². The molecule has 1 amide bonds. The van der Waals surface area contributed by atoms with Gasteiger partial charge in [-0.3, -0.25) is 9.59 Å². The number of aromatic amines is 1. The van der Waals surface area contributed by atoms with E-state index in [4.69, 9.17) is 0 Å². The third-order valence-electron chi connectivity index (χ3n) is 5.04. The summed E-state index contributed by atoms with van der Waals surface area (Å²) in [5.41, 5.74) is 2.14. The summed E-state index contributed by atoms with van der Waals surface area (Å²) in [6.07, 6.45) is 5.42. The second-order valence-electron chi connectivity index (χ2n) is 7.08. The van der Waals surface area contributed by atoms with Crippen LogP contribution in [0.15, 0.2) is 37.1 Å². The maximum absolute atomic E-state index is 13.7. The van der Waals surface area contributed by atoms with Crippen molar-refractivity contribution in [1.82, 2.24) is 29.8 Å². The van der Waals surface area contributed by atoms with Crippen molar-refractivity contribution in [3.63, 3.8) is 0 Å². The number of H-pyrrole nitrogens is 1. The van der Waals surface area contributed by atoms with E-state index in [1.807, 2.05) is 0 Å². The number of rotatable bonds is 7. The summed E-state index contributed by atoms with van der Waals surface area (Å²) in [5.74, 6) is -2.45. The second kappa shape index (κ2) is 9.02. The van der Waals surface area contributed by atoms with Crippen molar-refractivity contribution in [1.29, 1.82) is 0 Å². The quantitative estimate of drug-likeness (QED) is 0.399. The van der Waals surface area contributed by atoms with Gasteiger partial charge in [0.05, 0.1) is 32.5 Å². The van der Waals surface area contributed by atoms with E-state index in [0.717, 1.165) is 13.3 Å². The van der Waals surface area contributed by atoms with Crippen LogP contribution < -0.4 is 5.32 Å². The minimum absolute atomic E-state index is 0.182. The number of halogens is 1. The number of hydrogen-bond donors (Lipinski definition) is 2. The van der Waals surface area contributed by atoms with Crippen molar-refractivity contribution in [2.24, 2.45) is 0 Å². The average molecular weight is 454 g/mol. The zero-order valence-corrected chi connectivity index (χ0v) is 17.7. The number of nitrogens with one attached hydrogen (secondary N) is 2. The number of carbonyl (C=O) groups is 3. The van der Waals surface area contributed by atoms with Gasteiger partial charge in [0.2, 0.25) is 5.91 Å². The van der Waals surface area contributed by atoms with Crippen LogP contribution in [0.2, 0.25) is 0 Å². The number of methoxy groups -OCH3 is 2. The number of pyridine rings is 1. The van der Waals surface area contributed by atoms with E-state index < -0.39 is 29.7 Å². The van der Waals surface area contributed by atoms with Crippen molar-refractivity contribution < 1.29 is 28.2 Å². The Hall–Kier alpha value is -4.35. The van der Waals surface area contributed by atoms with Crippen LogP contribution in [-0.2, 0) is 30.4 Å². The molecule has 0 saturated carbocycles. The first-order valence-electron chi connectivity index (χ1n) is 9.78. The lowest BCUT2D eigenvalue weighted by Gasteiger charge is -2.15. The molecule has 0 aliphatic rings. The predicted molar refractivity (Wildman–Crippen MR) is 113 cm³/mol. The minimum atomic E-state index is -1.18. The van der Waals surface area contributed by atoms with Crippen molar-refractivity contribution in [3.8, 4) is 11.3 Å². The van der Waals surface area contributed by atoms with Gasteiger partial charge in [0.15, 0.2) is 0 Å². The standard InChI is InChI=1S/C21H19FN6O5/c1-32-17(30)6-15(21(31)33-2)27-16(29)9-28-4-3-12-18(25-10-26-20(12)28)14-8-24-19-13(14)5-11(22)7-23-19/h3-5,7-8,10,15H,6,9H2,1-2H3,(H,23,24)(H,27,29)/t15-/m0/s1. The van der Waals surface area contributed by atoms with E-state index >= 15 is 0 Å². The highest BCUT2D eigenvalue weighted by Gasteiger charge is 2.25. The van der Waals surface area contributed by atoms with Gasteiger partial charge in [0, 0.05) is 28.7 Å².